The maximum Gasteiger partial charge on any atom is 0.187 e. The molecule has 6 heteroatoms. The van der Waals surface area contributed by atoms with Crippen LogP contribution in [0.1, 0.15) is 22.8 Å². The first-order valence-corrected chi connectivity index (χ1v) is 8.72. The highest BCUT2D eigenvalue weighted by Crippen LogP contribution is 2.33. The summed E-state index contributed by atoms with van der Waals surface area (Å²) in [6, 6.07) is 11.2. The third-order valence-corrected chi connectivity index (χ3v) is 4.32. The van der Waals surface area contributed by atoms with Crippen LogP contribution in [-0.2, 0) is 9.53 Å². The van der Waals surface area contributed by atoms with Gasteiger partial charge in [0.15, 0.2) is 17.3 Å². The highest BCUT2D eigenvalue weighted by atomic mass is 16.6. The van der Waals surface area contributed by atoms with Gasteiger partial charge in [-0.15, -0.1) is 0 Å². The predicted molar refractivity (Wildman–Crippen MR) is 102 cm³/mol. The number of benzene rings is 2. The van der Waals surface area contributed by atoms with E-state index in [0.29, 0.717) is 24.7 Å². The molecule has 6 nitrogen and oxygen atoms in total. The first kappa shape index (κ1) is 18.9. The molecule has 0 N–H and O–H groups in total. The summed E-state index contributed by atoms with van der Waals surface area (Å²) in [6.07, 6.45) is 0.960. The first-order valence-electron chi connectivity index (χ1n) is 8.72. The van der Waals surface area contributed by atoms with Crippen molar-refractivity contribution in [3.05, 3.63) is 53.1 Å². The normalized spacial score (nSPS) is 14.2. The lowest BCUT2D eigenvalue weighted by Crippen LogP contribution is -2.19. The number of hydrogen-bond acceptors (Lipinski definition) is 6. The van der Waals surface area contributed by atoms with Gasteiger partial charge in [-0.1, -0.05) is 18.2 Å². The van der Waals surface area contributed by atoms with Gasteiger partial charge in [0.2, 0.25) is 0 Å². The highest BCUT2D eigenvalue weighted by molar-refractivity contribution is 5.89. The molecule has 0 amide bonds. The molecule has 0 spiro atoms. The van der Waals surface area contributed by atoms with E-state index in [1.165, 1.54) is 7.11 Å². The number of aryl methyl sites for hydroxylation is 1. The number of ether oxygens (including phenoxy) is 4. The van der Waals surface area contributed by atoms with Crippen molar-refractivity contribution in [2.45, 2.75) is 13.0 Å². The van der Waals surface area contributed by atoms with Crippen molar-refractivity contribution in [1.29, 1.82) is 0 Å². The van der Waals surface area contributed by atoms with Crippen LogP contribution in [0.25, 0.3) is 0 Å². The molecule has 0 aromatic heterocycles. The Bertz CT molecular complexity index is 846. The third-order valence-electron chi connectivity index (χ3n) is 4.32. The Kier molecular flexibility index (Phi) is 6.08. The summed E-state index contributed by atoms with van der Waals surface area (Å²) in [5.74, 6) is 1.96. The summed E-state index contributed by atoms with van der Waals surface area (Å²) >= 11 is 0. The van der Waals surface area contributed by atoms with Crippen LogP contribution in [0.15, 0.2) is 41.4 Å². The lowest BCUT2D eigenvalue weighted by Gasteiger charge is -2.20. The largest absolute Gasteiger partial charge is 0.496 e. The van der Waals surface area contributed by atoms with Crippen molar-refractivity contribution >= 4 is 12.0 Å². The highest BCUT2D eigenvalue weighted by Gasteiger charge is 2.22. The summed E-state index contributed by atoms with van der Waals surface area (Å²) < 4.78 is 21.8. The Morgan fingerprint density at radius 1 is 1.15 bits per heavy atom. The van der Waals surface area contributed by atoms with Gasteiger partial charge >= 0.3 is 0 Å². The van der Waals surface area contributed by atoms with Gasteiger partial charge in [0.05, 0.1) is 7.11 Å². The number of fused-ring (bicyclic) bond motifs is 1. The molecule has 1 heterocycles. The molecule has 0 saturated carbocycles. The molecular weight excluding hydrogens is 346 g/mol. The predicted octanol–water partition coefficient (Wildman–Crippen LogP) is 3.15. The Balaban J connectivity index is 1.68. The number of methoxy groups -OCH3 is 2. The number of carbonyl (C=O) groups excluding carboxylic acids is 1. The SMILES string of the molecule is COc1cc(C=NCC(=O)C(OC)c2ccc3c(c2)OCCO3)ccc1C. The fourth-order valence-corrected chi connectivity index (χ4v) is 2.92. The van der Waals surface area contributed by atoms with Crippen LogP contribution < -0.4 is 14.2 Å². The first-order chi connectivity index (χ1) is 13.1. The van der Waals surface area contributed by atoms with E-state index in [4.69, 9.17) is 18.9 Å². The van der Waals surface area contributed by atoms with E-state index in [0.717, 1.165) is 22.4 Å². The van der Waals surface area contributed by atoms with Crippen molar-refractivity contribution in [2.24, 2.45) is 4.99 Å². The average Bonchev–Trinajstić information content (AvgIpc) is 2.69. The minimum absolute atomic E-state index is 0.0170. The zero-order chi connectivity index (χ0) is 19.2. The van der Waals surface area contributed by atoms with Crippen LogP contribution >= 0.6 is 0 Å². The topological polar surface area (TPSA) is 66.4 Å². The van der Waals surface area contributed by atoms with Crippen molar-refractivity contribution in [1.82, 2.24) is 0 Å². The van der Waals surface area contributed by atoms with Gasteiger partial charge in [-0.2, -0.15) is 0 Å². The van der Waals surface area contributed by atoms with E-state index in [9.17, 15) is 4.79 Å². The molecule has 2 aromatic carbocycles. The summed E-state index contributed by atoms with van der Waals surface area (Å²) in [7, 11) is 3.14. The van der Waals surface area contributed by atoms with E-state index in [-0.39, 0.29) is 12.3 Å². The molecule has 3 rings (SSSR count). The number of nitrogens with zero attached hydrogens (tertiary/aromatic N) is 1. The minimum Gasteiger partial charge on any atom is -0.496 e. The van der Waals surface area contributed by atoms with E-state index in [1.54, 1.807) is 25.5 Å². The third kappa shape index (κ3) is 4.46. The number of rotatable bonds is 7. The maximum absolute atomic E-state index is 12.6. The Labute approximate surface area is 158 Å². The second-order valence-electron chi connectivity index (χ2n) is 6.18. The second kappa shape index (κ2) is 8.68. The molecule has 0 bridgehead atoms. The fraction of sp³-hybridized carbons (Fsp3) is 0.333. The van der Waals surface area contributed by atoms with Crippen LogP contribution in [0, 0.1) is 6.92 Å². The number of Topliss-reactive ketones (excluding diaryl/α,β-unsaturated/α-hetero) is 1. The van der Waals surface area contributed by atoms with Gasteiger partial charge in [0.1, 0.15) is 31.6 Å². The van der Waals surface area contributed by atoms with E-state index >= 15 is 0 Å². The Morgan fingerprint density at radius 3 is 2.67 bits per heavy atom. The average molecular weight is 369 g/mol. The minimum atomic E-state index is -0.703. The van der Waals surface area contributed by atoms with Gasteiger partial charge in [0, 0.05) is 13.3 Å². The molecule has 1 aliphatic rings. The summed E-state index contributed by atoms with van der Waals surface area (Å²) in [5, 5.41) is 0. The molecule has 0 saturated heterocycles. The number of carbonyl (C=O) groups is 1. The van der Waals surface area contributed by atoms with Gasteiger partial charge in [0.25, 0.3) is 0 Å². The molecule has 1 unspecified atom stereocenters. The van der Waals surface area contributed by atoms with Crippen molar-refractivity contribution in [3.8, 4) is 17.2 Å². The smallest absolute Gasteiger partial charge is 0.187 e. The van der Waals surface area contributed by atoms with Crippen molar-refractivity contribution < 1.29 is 23.7 Å². The maximum atomic E-state index is 12.6. The molecule has 0 fully saturated rings. The van der Waals surface area contributed by atoms with Crippen LogP contribution in [0.3, 0.4) is 0 Å². The van der Waals surface area contributed by atoms with Crippen LogP contribution in [0.2, 0.25) is 0 Å². The lowest BCUT2D eigenvalue weighted by molar-refractivity contribution is -0.127. The molecular formula is C21H23NO5. The molecule has 27 heavy (non-hydrogen) atoms. The molecule has 0 radical (unpaired) electrons. The second-order valence-corrected chi connectivity index (χ2v) is 6.18. The zero-order valence-corrected chi connectivity index (χ0v) is 15.7. The van der Waals surface area contributed by atoms with Crippen molar-refractivity contribution in [3.63, 3.8) is 0 Å². The standard InChI is InChI=1S/C21H23NO5/c1-14-4-5-15(10-19(14)24-2)12-22-13-17(23)21(25-3)16-6-7-18-20(11-16)27-9-8-26-18/h4-7,10-12,21H,8-9,13H2,1-3H3. The van der Waals surface area contributed by atoms with Gasteiger partial charge < -0.3 is 18.9 Å². The van der Waals surface area contributed by atoms with E-state index < -0.39 is 6.10 Å². The fourth-order valence-electron chi connectivity index (χ4n) is 2.92. The molecule has 0 aliphatic carbocycles. The summed E-state index contributed by atoms with van der Waals surface area (Å²) in [4.78, 5) is 16.8. The number of aliphatic imine (C=N–C) groups is 1. The monoisotopic (exact) mass is 369 g/mol. The molecule has 2 aromatic rings. The van der Waals surface area contributed by atoms with Gasteiger partial charge in [-0.3, -0.25) is 9.79 Å². The number of hydrogen-bond donors (Lipinski definition) is 0. The van der Waals surface area contributed by atoms with E-state index in [1.807, 2.05) is 31.2 Å². The van der Waals surface area contributed by atoms with E-state index in [2.05, 4.69) is 4.99 Å². The van der Waals surface area contributed by atoms with Gasteiger partial charge in [-0.25, -0.2) is 0 Å². The summed E-state index contributed by atoms with van der Waals surface area (Å²) in [6.45, 7) is 3.01. The van der Waals surface area contributed by atoms with Crippen LogP contribution in [0.5, 0.6) is 17.2 Å². The van der Waals surface area contributed by atoms with Crippen molar-refractivity contribution in [2.75, 3.05) is 34.0 Å². The Morgan fingerprint density at radius 2 is 1.93 bits per heavy atom. The van der Waals surface area contributed by atoms with Gasteiger partial charge in [-0.05, 0) is 41.8 Å². The van der Waals surface area contributed by atoms with Crippen LogP contribution in [0.4, 0.5) is 0 Å². The zero-order valence-electron chi connectivity index (χ0n) is 15.7. The van der Waals surface area contributed by atoms with Crippen LogP contribution in [-0.4, -0.2) is 46.0 Å². The Hall–Kier alpha value is -2.86. The lowest BCUT2D eigenvalue weighted by atomic mass is 10.0. The quantitative estimate of drug-likeness (QED) is 0.702. The molecule has 1 atom stereocenters. The molecule has 142 valence electrons. The summed E-state index contributed by atoms with van der Waals surface area (Å²) in [5.41, 5.74) is 2.64. The number of ketones is 1. The molecule has 1 aliphatic heterocycles.